The predicted octanol–water partition coefficient (Wildman–Crippen LogP) is 7.07. The summed E-state index contributed by atoms with van der Waals surface area (Å²) in [4.78, 5) is 13.2. The summed E-state index contributed by atoms with van der Waals surface area (Å²) < 4.78 is 0. The van der Waals surface area contributed by atoms with E-state index in [1.165, 1.54) is 43.3 Å². The fourth-order valence-electron chi connectivity index (χ4n) is 7.99. The molecule has 4 aliphatic rings. The van der Waals surface area contributed by atoms with Crippen molar-refractivity contribution >= 4 is 5.91 Å². The van der Waals surface area contributed by atoms with E-state index < -0.39 is 0 Å². The third kappa shape index (κ3) is 4.06. The Morgan fingerprint density at radius 3 is 2.50 bits per heavy atom. The Morgan fingerprint density at radius 1 is 1.00 bits per heavy atom. The number of hydrogen-bond acceptors (Lipinski definition) is 1. The molecule has 0 aromatic heterocycles. The van der Waals surface area contributed by atoms with Crippen LogP contribution in [0.15, 0.2) is 53.6 Å². The van der Waals surface area contributed by atoms with E-state index in [9.17, 15) is 4.79 Å². The Labute approximate surface area is 206 Å². The van der Waals surface area contributed by atoms with Gasteiger partial charge in [-0.15, -0.1) is 0 Å². The van der Waals surface area contributed by atoms with Gasteiger partial charge in [-0.25, -0.2) is 0 Å². The maximum Gasteiger partial charge on any atom is 0.224 e. The van der Waals surface area contributed by atoms with Crippen LogP contribution in [0.5, 0.6) is 0 Å². The molecule has 2 fully saturated rings. The number of allylic oxidation sites excluding steroid dienone is 4. The van der Waals surface area contributed by atoms with Crippen molar-refractivity contribution in [1.82, 2.24) is 5.32 Å². The van der Waals surface area contributed by atoms with E-state index >= 15 is 0 Å². The minimum atomic E-state index is -0.159. The first kappa shape index (κ1) is 23.5. The van der Waals surface area contributed by atoms with E-state index in [1.54, 1.807) is 0 Å². The molecule has 6 atom stereocenters. The average Bonchev–Trinajstić information content (AvgIpc) is 3.14. The number of nitrogens with one attached hydrogen (secondary N) is 1. The highest BCUT2D eigenvalue weighted by Crippen LogP contribution is 2.66. The summed E-state index contributed by atoms with van der Waals surface area (Å²) in [5.74, 6) is 9.40. The molecule has 0 aliphatic heterocycles. The minimum absolute atomic E-state index is 0.148. The van der Waals surface area contributed by atoms with Gasteiger partial charge in [0.15, 0.2) is 0 Å². The normalized spacial score (nSPS) is 36.6. The molecule has 0 spiro atoms. The van der Waals surface area contributed by atoms with Gasteiger partial charge < -0.3 is 5.32 Å². The second-order valence-corrected chi connectivity index (χ2v) is 12.9. The van der Waals surface area contributed by atoms with Crippen molar-refractivity contribution in [3.05, 3.63) is 59.2 Å². The molecule has 2 heteroatoms. The smallest absolute Gasteiger partial charge is 0.224 e. The number of carbonyl (C=O) groups is 1. The first-order valence-corrected chi connectivity index (χ1v) is 13.4. The van der Waals surface area contributed by atoms with Crippen LogP contribution in [0.3, 0.4) is 0 Å². The van der Waals surface area contributed by atoms with Gasteiger partial charge in [0.1, 0.15) is 0 Å². The van der Waals surface area contributed by atoms with Crippen LogP contribution in [0.2, 0.25) is 0 Å². The summed E-state index contributed by atoms with van der Waals surface area (Å²) in [5, 5.41) is 3.30. The molecule has 2 nitrogen and oxygen atoms in total. The van der Waals surface area contributed by atoms with Gasteiger partial charge in [-0.1, -0.05) is 50.0 Å². The lowest BCUT2D eigenvalue weighted by atomic mass is 9.48. The summed E-state index contributed by atoms with van der Waals surface area (Å²) >= 11 is 0. The number of amides is 1. The van der Waals surface area contributed by atoms with E-state index in [1.807, 2.05) is 6.07 Å². The van der Waals surface area contributed by atoms with Crippen molar-refractivity contribution in [2.45, 2.75) is 85.1 Å². The molecule has 1 aromatic rings. The Hall–Kier alpha value is -2.27. The molecule has 3 unspecified atom stereocenters. The van der Waals surface area contributed by atoms with Crippen molar-refractivity contribution in [1.29, 1.82) is 0 Å². The standard InChI is InChI=1S/C32H41NO/c1-30(2,3)33-29(34)28-16-15-26-25-14-13-24-21-23(12-11-22-9-7-6-8-10-22)17-19-31(24,4)27(25)18-20-32(26,28)5/h6-10,13,21,25-28H,14-20H2,1-5H3,(H,33,34)/t25?,26?,27?,28-,31+,32+/m1/s1. The first-order valence-electron chi connectivity index (χ1n) is 13.4. The van der Waals surface area contributed by atoms with Crippen molar-refractivity contribution in [3.63, 3.8) is 0 Å². The number of benzene rings is 1. The quantitative estimate of drug-likeness (QED) is 0.451. The molecule has 0 saturated heterocycles. The van der Waals surface area contributed by atoms with Crippen LogP contribution in [0, 0.1) is 46.3 Å². The summed E-state index contributed by atoms with van der Waals surface area (Å²) in [6, 6.07) is 10.3. The van der Waals surface area contributed by atoms with E-state index in [0.29, 0.717) is 11.8 Å². The average molecular weight is 456 g/mol. The third-order valence-electron chi connectivity index (χ3n) is 9.72. The molecule has 4 aliphatic carbocycles. The zero-order chi connectivity index (χ0) is 24.1. The van der Waals surface area contributed by atoms with Crippen LogP contribution >= 0.6 is 0 Å². The third-order valence-corrected chi connectivity index (χ3v) is 9.72. The SMILES string of the molecule is CC(C)(C)NC(=O)[C@H]1CCC2C3CC=C4C=C(C#Cc5ccccc5)CC[C@]4(C)C3CC[C@@]21C. The van der Waals surface area contributed by atoms with Gasteiger partial charge >= 0.3 is 0 Å². The number of hydrogen-bond donors (Lipinski definition) is 1. The molecule has 0 radical (unpaired) electrons. The van der Waals surface area contributed by atoms with Crippen molar-refractivity contribution in [2.24, 2.45) is 34.5 Å². The largest absolute Gasteiger partial charge is 0.351 e. The van der Waals surface area contributed by atoms with Crippen LogP contribution < -0.4 is 5.32 Å². The molecule has 5 rings (SSSR count). The van der Waals surface area contributed by atoms with E-state index in [0.717, 1.165) is 24.3 Å². The predicted molar refractivity (Wildman–Crippen MR) is 140 cm³/mol. The van der Waals surface area contributed by atoms with Gasteiger partial charge in [-0.3, -0.25) is 4.79 Å². The summed E-state index contributed by atoms with van der Waals surface area (Å²) in [6.07, 6.45) is 13.1. The lowest BCUT2D eigenvalue weighted by molar-refractivity contribution is -0.133. The molecular formula is C32H41NO. The van der Waals surface area contributed by atoms with Crippen molar-refractivity contribution in [3.8, 4) is 11.8 Å². The second-order valence-electron chi connectivity index (χ2n) is 12.9. The molecule has 1 N–H and O–H groups in total. The van der Waals surface area contributed by atoms with E-state index in [2.05, 4.69) is 88.2 Å². The topological polar surface area (TPSA) is 29.1 Å². The minimum Gasteiger partial charge on any atom is -0.351 e. The van der Waals surface area contributed by atoms with Gasteiger partial charge in [0, 0.05) is 22.6 Å². The zero-order valence-electron chi connectivity index (χ0n) is 21.7. The summed E-state index contributed by atoms with van der Waals surface area (Å²) in [6.45, 7) is 11.3. The molecule has 0 heterocycles. The van der Waals surface area contributed by atoms with Crippen LogP contribution in [-0.2, 0) is 4.79 Å². The molecule has 180 valence electrons. The van der Waals surface area contributed by atoms with Gasteiger partial charge in [-0.05, 0) is 118 Å². The number of carbonyl (C=O) groups excluding carboxylic acids is 1. The highest BCUT2D eigenvalue weighted by atomic mass is 16.2. The lowest BCUT2D eigenvalue weighted by Crippen LogP contribution is -2.52. The molecule has 2 saturated carbocycles. The van der Waals surface area contributed by atoms with Crippen LogP contribution in [0.25, 0.3) is 0 Å². The number of rotatable bonds is 1. The fourth-order valence-corrected chi connectivity index (χ4v) is 7.99. The fraction of sp³-hybridized carbons (Fsp3) is 0.594. The van der Waals surface area contributed by atoms with Gasteiger partial charge in [0.25, 0.3) is 0 Å². The second kappa shape index (κ2) is 8.44. The highest BCUT2D eigenvalue weighted by molar-refractivity contribution is 5.80. The van der Waals surface area contributed by atoms with E-state index in [4.69, 9.17) is 0 Å². The molecule has 0 bridgehead atoms. The van der Waals surface area contributed by atoms with Crippen molar-refractivity contribution < 1.29 is 4.79 Å². The Bertz CT molecular complexity index is 1080. The van der Waals surface area contributed by atoms with Crippen molar-refractivity contribution in [2.75, 3.05) is 0 Å². The molecule has 1 aromatic carbocycles. The van der Waals surface area contributed by atoms with Crippen LogP contribution in [0.1, 0.15) is 85.1 Å². The Morgan fingerprint density at radius 2 is 1.76 bits per heavy atom. The molecule has 1 amide bonds. The summed E-state index contributed by atoms with van der Waals surface area (Å²) in [5.41, 5.74) is 4.15. The summed E-state index contributed by atoms with van der Waals surface area (Å²) in [7, 11) is 0. The highest BCUT2D eigenvalue weighted by Gasteiger charge is 2.59. The van der Waals surface area contributed by atoms with Gasteiger partial charge in [0.05, 0.1) is 0 Å². The molecular weight excluding hydrogens is 414 g/mol. The molecule has 34 heavy (non-hydrogen) atoms. The lowest BCUT2D eigenvalue weighted by Gasteiger charge is -2.57. The first-order chi connectivity index (χ1) is 16.1. The van der Waals surface area contributed by atoms with Gasteiger partial charge in [0.2, 0.25) is 5.91 Å². The maximum atomic E-state index is 13.2. The van der Waals surface area contributed by atoms with Crippen LogP contribution in [0.4, 0.5) is 0 Å². The zero-order valence-corrected chi connectivity index (χ0v) is 21.7. The number of fused-ring (bicyclic) bond motifs is 5. The Balaban J connectivity index is 1.37. The maximum absolute atomic E-state index is 13.2. The Kier molecular flexibility index (Phi) is 5.83. The van der Waals surface area contributed by atoms with Crippen LogP contribution in [-0.4, -0.2) is 11.4 Å². The van der Waals surface area contributed by atoms with Gasteiger partial charge in [-0.2, -0.15) is 0 Å². The monoisotopic (exact) mass is 455 g/mol. The van der Waals surface area contributed by atoms with E-state index in [-0.39, 0.29) is 28.2 Å².